The van der Waals surface area contributed by atoms with Crippen LogP contribution in [0.25, 0.3) is 0 Å². The van der Waals surface area contributed by atoms with Crippen molar-refractivity contribution in [1.29, 1.82) is 0 Å². The third-order valence-electron chi connectivity index (χ3n) is 4.00. The van der Waals surface area contributed by atoms with Crippen molar-refractivity contribution in [3.63, 3.8) is 0 Å². The highest BCUT2D eigenvalue weighted by Crippen LogP contribution is 2.33. The smallest absolute Gasteiger partial charge is 0.325 e. The molecule has 22 heavy (non-hydrogen) atoms. The number of alkyl halides is 3. The molecular weight excluding hydrogens is 291 g/mol. The van der Waals surface area contributed by atoms with E-state index in [0.29, 0.717) is 0 Å². The Balaban J connectivity index is 2.33. The molecule has 1 fully saturated rings. The maximum absolute atomic E-state index is 13.1. The monoisotopic (exact) mass is 309 g/mol. The second kappa shape index (κ2) is 6.87. The zero-order valence-electron chi connectivity index (χ0n) is 12.2. The Morgan fingerprint density at radius 1 is 1.23 bits per heavy atom. The Bertz CT molecular complexity index is 568. The first-order valence-corrected chi connectivity index (χ1v) is 7.36. The van der Waals surface area contributed by atoms with Crippen LogP contribution < -0.4 is 0 Å². The molecule has 0 radical (unpaired) electrons. The van der Waals surface area contributed by atoms with E-state index in [0.717, 1.165) is 38.2 Å². The number of hydrogen-bond donors (Lipinski definition) is 0. The van der Waals surface area contributed by atoms with Crippen molar-refractivity contribution >= 4 is 5.91 Å². The minimum atomic E-state index is -4.55. The standard InChI is InChI=1S/C17H18F3NO/c1-2-12-21(13-8-4-3-5-9-13)16(22)14-10-6-7-11-15(14)17(18,19)20/h1,6-7,10-11,13H,3-5,8-9,12H2. The van der Waals surface area contributed by atoms with E-state index in [1.807, 2.05) is 0 Å². The lowest BCUT2D eigenvalue weighted by Crippen LogP contribution is -2.42. The van der Waals surface area contributed by atoms with Crippen molar-refractivity contribution < 1.29 is 18.0 Å². The lowest BCUT2D eigenvalue weighted by atomic mass is 9.93. The minimum Gasteiger partial charge on any atom is -0.325 e. The summed E-state index contributed by atoms with van der Waals surface area (Å²) in [6.07, 6.45) is 5.38. The molecular formula is C17H18F3NO. The second-order valence-corrected chi connectivity index (χ2v) is 5.47. The van der Waals surface area contributed by atoms with E-state index in [9.17, 15) is 18.0 Å². The highest BCUT2D eigenvalue weighted by Gasteiger charge is 2.37. The van der Waals surface area contributed by atoms with Gasteiger partial charge >= 0.3 is 6.18 Å². The first kappa shape index (κ1) is 16.4. The van der Waals surface area contributed by atoms with Crippen LogP contribution in [-0.2, 0) is 6.18 Å². The zero-order valence-corrected chi connectivity index (χ0v) is 12.2. The van der Waals surface area contributed by atoms with E-state index in [4.69, 9.17) is 6.42 Å². The maximum atomic E-state index is 13.1. The SMILES string of the molecule is C#CCN(C(=O)c1ccccc1C(F)(F)F)C1CCCCC1. The summed E-state index contributed by atoms with van der Waals surface area (Å²) in [5.74, 6) is 1.77. The van der Waals surface area contributed by atoms with Gasteiger partial charge in [-0.05, 0) is 25.0 Å². The molecule has 2 nitrogen and oxygen atoms in total. The predicted octanol–water partition coefficient (Wildman–Crippen LogP) is 4.11. The number of carbonyl (C=O) groups excluding carboxylic acids is 1. The normalized spacial score (nSPS) is 16.1. The minimum absolute atomic E-state index is 0.0374. The summed E-state index contributed by atoms with van der Waals surface area (Å²) in [6, 6.07) is 4.81. The van der Waals surface area contributed by atoms with Gasteiger partial charge < -0.3 is 4.90 Å². The molecule has 0 N–H and O–H groups in total. The molecule has 0 unspecified atom stereocenters. The van der Waals surface area contributed by atoms with Crippen molar-refractivity contribution in [2.45, 2.75) is 44.3 Å². The molecule has 5 heteroatoms. The lowest BCUT2D eigenvalue weighted by molar-refractivity contribution is -0.138. The third-order valence-corrected chi connectivity index (χ3v) is 4.00. The average Bonchev–Trinajstić information content (AvgIpc) is 2.52. The van der Waals surface area contributed by atoms with Gasteiger partial charge in [-0.15, -0.1) is 6.42 Å². The van der Waals surface area contributed by atoms with E-state index in [2.05, 4.69) is 5.92 Å². The molecule has 1 aromatic rings. The average molecular weight is 309 g/mol. The fraction of sp³-hybridized carbons (Fsp3) is 0.471. The Hall–Kier alpha value is -1.96. The molecule has 0 aromatic heterocycles. The van der Waals surface area contributed by atoms with Gasteiger partial charge in [0.15, 0.2) is 0 Å². The molecule has 1 saturated carbocycles. The third kappa shape index (κ3) is 3.62. The molecule has 2 rings (SSSR count). The van der Waals surface area contributed by atoms with Crippen LogP contribution in [0.3, 0.4) is 0 Å². The van der Waals surface area contributed by atoms with E-state index < -0.39 is 17.6 Å². The number of amides is 1. The molecule has 1 amide bonds. The van der Waals surface area contributed by atoms with Gasteiger partial charge in [0.25, 0.3) is 5.91 Å². The number of benzene rings is 1. The van der Waals surface area contributed by atoms with Crippen LogP contribution in [0.1, 0.15) is 48.0 Å². The summed E-state index contributed by atoms with van der Waals surface area (Å²) >= 11 is 0. The number of terminal acetylenes is 1. The van der Waals surface area contributed by atoms with E-state index in [-0.39, 0.29) is 18.2 Å². The number of nitrogens with zero attached hydrogens (tertiary/aromatic N) is 1. The molecule has 0 heterocycles. The number of halogens is 3. The van der Waals surface area contributed by atoms with E-state index in [1.165, 1.54) is 23.1 Å². The molecule has 0 atom stereocenters. The maximum Gasteiger partial charge on any atom is 0.417 e. The first-order chi connectivity index (χ1) is 10.4. The van der Waals surface area contributed by atoms with Crippen LogP contribution in [0.2, 0.25) is 0 Å². The molecule has 1 aliphatic carbocycles. The Kier molecular flexibility index (Phi) is 5.12. The van der Waals surface area contributed by atoms with Crippen LogP contribution in [0.5, 0.6) is 0 Å². The quantitative estimate of drug-likeness (QED) is 0.769. The lowest BCUT2D eigenvalue weighted by Gasteiger charge is -2.33. The molecule has 0 bridgehead atoms. The zero-order chi connectivity index (χ0) is 16.2. The second-order valence-electron chi connectivity index (χ2n) is 5.47. The number of hydrogen-bond acceptors (Lipinski definition) is 1. The number of rotatable bonds is 3. The van der Waals surface area contributed by atoms with Crippen LogP contribution in [0, 0.1) is 12.3 Å². The molecule has 1 aromatic carbocycles. The Morgan fingerprint density at radius 2 is 1.86 bits per heavy atom. The fourth-order valence-corrected chi connectivity index (χ4v) is 2.93. The van der Waals surface area contributed by atoms with Gasteiger partial charge in [0.2, 0.25) is 0 Å². The van der Waals surface area contributed by atoms with E-state index in [1.54, 1.807) is 0 Å². The van der Waals surface area contributed by atoms with Gasteiger partial charge in [0.05, 0.1) is 17.7 Å². The van der Waals surface area contributed by atoms with Crippen molar-refractivity contribution in [2.24, 2.45) is 0 Å². The fourth-order valence-electron chi connectivity index (χ4n) is 2.93. The summed E-state index contributed by atoms with van der Waals surface area (Å²) in [7, 11) is 0. The van der Waals surface area contributed by atoms with Crippen molar-refractivity contribution in [1.82, 2.24) is 4.90 Å². The van der Waals surface area contributed by atoms with Gasteiger partial charge in [-0.25, -0.2) is 0 Å². The summed E-state index contributed by atoms with van der Waals surface area (Å²) in [5, 5.41) is 0. The summed E-state index contributed by atoms with van der Waals surface area (Å²) < 4.78 is 39.3. The van der Waals surface area contributed by atoms with Gasteiger partial charge in [0, 0.05) is 6.04 Å². The molecule has 0 aliphatic heterocycles. The van der Waals surface area contributed by atoms with Gasteiger partial charge in [0.1, 0.15) is 0 Å². The largest absolute Gasteiger partial charge is 0.417 e. The first-order valence-electron chi connectivity index (χ1n) is 7.36. The highest BCUT2D eigenvalue weighted by molar-refractivity contribution is 5.96. The van der Waals surface area contributed by atoms with Gasteiger partial charge in [-0.1, -0.05) is 37.3 Å². The topological polar surface area (TPSA) is 20.3 Å². The summed E-state index contributed by atoms with van der Waals surface area (Å²) in [5.41, 5.74) is -1.23. The van der Waals surface area contributed by atoms with Gasteiger partial charge in [-0.3, -0.25) is 4.79 Å². The Labute approximate surface area is 128 Å². The van der Waals surface area contributed by atoms with Crippen molar-refractivity contribution in [3.8, 4) is 12.3 Å². The van der Waals surface area contributed by atoms with E-state index >= 15 is 0 Å². The summed E-state index contributed by atoms with van der Waals surface area (Å²) in [6.45, 7) is 0.0374. The van der Waals surface area contributed by atoms with Crippen LogP contribution in [0.4, 0.5) is 13.2 Å². The Morgan fingerprint density at radius 3 is 2.45 bits per heavy atom. The van der Waals surface area contributed by atoms with Crippen LogP contribution >= 0.6 is 0 Å². The molecule has 118 valence electrons. The van der Waals surface area contributed by atoms with Gasteiger partial charge in [-0.2, -0.15) is 13.2 Å². The predicted molar refractivity (Wildman–Crippen MR) is 78.2 cm³/mol. The molecule has 0 saturated heterocycles. The van der Waals surface area contributed by atoms with Crippen molar-refractivity contribution in [2.75, 3.05) is 6.54 Å². The highest BCUT2D eigenvalue weighted by atomic mass is 19.4. The molecule has 1 aliphatic rings. The summed E-state index contributed by atoms with van der Waals surface area (Å²) in [4.78, 5) is 14.1. The number of carbonyl (C=O) groups is 1. The van der Waals surface area contributed by atoms with Crippen LogP contribution in [0.15, 0.2) is 24.3 Å². The molecule has 0 spiro atoms. The van der Waals surface area contributed by atoms with Crippen molar-refractivity contribution in [3.05, 3.63) is 35.4 Å². The van der Waals surface area contributed by atoms with Crippen LogP contribution in [-0.4, -0.2) is 23.4 Å².